The molecule has 3 rings (SSSR count). The molecular weight excluding hydrogens is 338 g/mol. The first-order chi connectivity index (χ1) is 11.9. The molecule has 0 aliphatic carbocycles. The number of halogens is 1. The summed E-state index contributed by atoms with van der Waals surface area (Å²) < 4.78 is 0. The van der Waals surface area contributed by atoms with Gasteiger partial charge in [0.15, 0.2) is 0 Å². The number of fused-ring (bicyclic) bond motifs is 1. The molecule has 0 aliphatic rings. The molecule has 2 heterocycles. The van der Waals surface area contributed by atoms with Gasteiger partial charge in [-0.1, -0.05) is 11.6 Å². The van der Waals surface area contributed by atoms with Crippen molar-refractivity contribution in [3.8, 4) is 0 Å². The quantitative estimate of drug-likeness (QED) is 0.762. The van der Waals surface area contributed by atoms with Crippen molar-refractivity contribution in [2.75, 3.05) is 32.6 Å². The fourth-order valence-electron chi connectivity index (χ4n) is 2.54. The van der Waals surface area contributed by atoms with E-state index in [0.29, 0.717) is 10.6 Å². The number of imidazole rings is 1. The van der Waals surface area contributed by atoms with Crippen LogP contribution in [0.3, 0.4) is 0 Å². The monoisotopic (exact) mass is 357 g/mol. The topological polar surface area (TPSA) is 65.1 Å². The maximum absolute atomic E-state index is 11.9. The van der Waals surface area contributed by atoms with Gasteiger partial charge < -0.3 is 14.8 Å². The van der Waals surface area contributed by atoms with E-state index in [-0.39, 0.29) is 5.91 Å². The minimum atomic E-state index is -0.0531. The van der Waals surface area contributed by atoms with E-state index in [9.17, 15) is 4.79 Å². The smallest absolute Gasteiger partial charge is 0.254 e. The Bertz CT molecular complexity index is 888. The van der Waals surface area contributed by atoms with Crippen molar-refractivity contribution in [1.82, 2.24) is 19.9 Å². The molecule has 1 N–H and O–H groups in total. The first kappa shape index (κ1) is 17.2. The van der Waals surface area contributed by atoms with Crippen molar-refractivity contribution in [2.24, 2.45) is 0 Å². The van der Waals surface area contributed by atoms with Crippen LogP contribution >= 0.6 is 11.6 Å². The normalized spacial score (nSPS) is 10.9. The summed E-state index contributed by atoms with van der Waals surface area (Å²) >= 11 is 6.00. The third kappa shape index (κ3) is 3.91. The SMILES string of the molecule is CN(C)C(=O)c1ccc(N(C)CCc2nc3ccc(Cl)cc3[nH]2)nc1. The van der Waals surface area contributed by atoms with E-state index in [1.165, 1.54) is 4.90 Å². The van der Waals surface area contributed by atoms with Gasteiger partial charge in [0, 0.05) is 45.3 Å². The molecule has 0 atom stereocenters. The van der Waals surface area contributed by atoms with Crippen molar-refractivity contribution in [3.05, 3.63) is 52.9 Å². The summed E-state index contributed by atoms with van der Waals surface area (Å²) in [5, 5.41) is 0.691. The molecule has 0 saturated heterocycles. The number of nitrogens with zero attached hydrogens (tertiary/aromatic N) is 4. The molecule has 0 fully saturated rings. The Morgan fingerprint density at radius 3 is 2.68 bits per heavy atom. The lowest BCUT2D eigenvalue weighted by Crippen LogP contribution is -2.23. The Labute approximate surface area is 151 Å². The number of likely N-dealkylation sites (N-methyl/N-ethyl adjacent to an activating group) is 1. The molecular formula is C18H20ClN5O. The van der Waals surface area contributed by atoms with E-state index < -0.39 is 0 Å². The minimum absolute atomic E-state index is 0.0531. The van der Waals surface area contributed by atoms with Gasteiger partial charge in [0.1, 0.15) is 11.6 Å². The Kier molecular flexibility index (Phi) is 4.90. The minimum Gasteiger partial charge on any atom is -0.359 e. The Morgan fingerprint density at radius 2 is 2.00 bits per heavy atom. The molecule has 7 heteroatoms. The summed E-state index contributed by atoms with van der Waals surface area (Å²) in [5.41, 5.74) is 2.43. The van der Waals surface area contributed by atoms with Crippen molar-refractivity contribution in [1.29, 1.82) is 0 Å². The van der Waals surface area contributed by atoms with Gasteiger partial charge in [-0.05, 0) is 30.3 Å². The number of amides is 1. The summed E-state index contributed by atoms with van der Waals surface area (Å²) in [6, 6.07) is 9.27. The van der Waals surface area contributed by atoms with Crippen molar-refractivity contribution in [3.63, 3.8) is 0 Å². The average Bonchev–Trinajstić information content (AvgIpc) is 3.01. The number of hydrogen-bond acceptors (Lipinski definition) is 4. The van der Waals surface area contributed by atoms with E-state index in [4.69, 9.17) is 11.6 Å². The van der Waals surface area contributed by atoms with Crippen LogP contribution in [0.4, 0.5) is 5.82 Å². The highest BCUT2D eigenvalue weighted by molar-refractivity contribution is 6.31. The van der Waals surface area contributed by atoms with Crippen LogP contribution in [0.2, 0.25) is 5.02 Å². The second kappa shape index (κ2) is 7.11. The van der Waals surface area contributed by atoms with Crippen molar-refractivity contribution >= 4 is 34.4 Å². The fourth-order valence-corrected chi connectivity index (χ4v) is 2.71. The molecule has 0 saturated carbocycles. The van der Waals surface area contributed by atoms with Crippen LogP contribution in [-0.2, 0) is 6.42 Å². The molecule has 0 radical (unpaired) electrons. The molecule has 0 bridgehead atoms. The number of carbonyl (C=O) groups excluding carboxylic acids is 1. The molecule has 2 aromatic heterocycles. The average molecular weight is 358 g/mol. The van der Waals surface area contributed by atoms with E-state index in [0.717, 1.165) is 35.6 Å². The van der Waals surface area contributed by atoms with Crippen LogP contribution in [0.1, 0.15) is 16.2 Å². The number of nitrogens with one attached hydrogen (secondary N) is 1. The molecule has 3 aromatic rings. The number of pyridine rings is 1. The predicted octanol–water partition coefficient (Wildman–Crippen LogP) is 2.99. The molecule has 1 aromatic carbocycles. The lowest BCUT2D eigenvalue weighted by Gasteiger charge is -2.18. The summed E-state index contributed by atoms with van der Waals surface area (Å²) in [6.45, 7) is 0.752. The van der Waals surface area contributed by atoms with Gasteiger partial charge >= 0.3 is 0 Å². The largest absolute Gasteiger partial charge is 0.359 e. The lowest BCUT2D eigenvalue weighted by atomic mass is 10.2. The standard InChI is InChI=1S/C18H20ClN5O/c1-23(2)18(25)12-4-7-17(20-11-12)24(3)9-8-16-21-14-6-5-13(19)10-15(14)22-16/h4-7,10-11H,8-9H2,1-3H3,(H,21,22). The zero-order chi connectivity index (χ0) is 18.0. The predicted molar refractivity (Wildman–Crippen MR) is 100 cm³/mol. The fraction of sp³-hybridized carbons (Fsp3) is 0.278. The first-order valence-corrected chi connectivity index (χ1v) is 8.35. The Hall–Kier alpha value is -2.60. The molecule has 1 amide bonds. The van der Waals surface area contributed by atoms with Crippen LogP contribution in [0.15, 0.2) is 36.5 Å². The third-order valence-electron chi connectivity index (χ3n) is 3.97. The van der Waals surface area contributed by atoms with E-state index in [1.807, 2.05) is 36.2 Å². The van der Waals surface area contributed by atoms with Gasteiger partial charge in [-0.2, -0.15) is 0 Å². The summed E-state index contributed by atoms with van der Waals surface area (Å²) in [6.07, 6.45) is 2.36. The maximum Gasteiger partial charge on any atom is 0.254 e. The number of aromatic amines is 1. The van der Waals surface area contributed by atoms with Crippen molar-refractivity contribution < 1.29 is 4.79 Å². The van der Waals surface area contributed by atoms with Crippen LogP contribution in [0, 0.1) is 0 Å². The molecule has 25 heavy (non-hydrogen) atoms. The summed E-state index contributed by atoms with van der Waals surface area (Å²) in [7, 11) is 5.42. The molecule has 0 unspecified atom stereocenters. The summed E-state index contributed by atoms with van der Waals surface area (Å²) in [4.78, 5) is 27.7. The summed E-state index contributed by atoms with van der Waals surface area (Å²) in [5.74, 6) is 1.67. The Balaban J connectivity index is 1.65. The van der Waals surface area contributed by atoms with Crippen LogP contribution in [0.5, 0.6) is 0 Å². The number of H-pyrrole nitrogens is 1. The number of hydrogen-bond donors (Lipinski definition) is 1. The van der Waals surface area contributed by atoms with Crippen molar-refractivity contribution in [2.45, 2.75) is 6.42 Å². The van der Waals surface area contributed by atoms with Crippen LogP contribution < -0.4 is 4.90 Å². The van der Waals surface area contributed by atoms with Crippen LogP contribution in [0.25, 0.3) is 11.0 Å². The second-order valence-corrected chi connectivity index (χ2v) is 6.56. The highest BCUT2D eigenvalue weighted by Gasteiger charge is 2.10. The third-order valence-corrected chi connectivity index (χ3v) is 4.20. The molecule has 6 nitrogen and oxygen atoms in total. The van der Waals surface area contributed by atoms with Gasteiger partial charge in [0.25, 0.3) is 5.91 Å². The van der Waals surface area contributed by atoms with Gasteiger partial charge in [-0.3, -0.25) is 4.79 Å². The number of rotatable bonds is 5. The van der Waals surface area contributed by atoms with E-state index in [1.54, 1.807) is 26.4 Å². The van der Waals surface area contributed by atoms with Gasteiger partial charge in [-0.25, -0.2) is 9.97 Å². The lowest BCUT2D eigenvalue weighted by molar-refractivity contribution is 0.0827. The highest BCUT2D eigenvalue weighted by Crippen LogP contribution is 2.18. The zero-order valence-electron chi connectivity index (χ0n) is 14.5. The maximum atomic E-state index is 11.9. The Morgan fingerprint density at radius 1 is 1.20 bits per heavy atom. The molecule has 130 valence electrons. The van der Waals surface area contributed by atoms with E-state index >= 15 is 0 Å². The first-order valence-electron chi connectivity index (χ1n) is 7.97. The number of aromatic nitrogens is 3. The number of benzene rings is 1. The number of anilines is 1. The molecule has 0 spiro atoms. The highest BCUT2D eigenvalue weighted by atomic mass is 35.5. The van der Waals surface area contributed by atoms with Gasteiger partial charge in [0.05, 0.1) is 16.6 Å². The van der Waals surface area contributed by atoms with Gasteiger partial charge in [-0.15, -0.1) is 0 Å². The second-order valence-electron chi connectivity index (χ2n) is 6.12. The van der Waals surface area contributed by atoms with Crippen LogP contribution in [-0.4, -0.2) is 53.4 Å². The number of carbonyl (C=O) groups is 1. The van der Waals surface area contributed by atoms with Gasteiger partial charge in [0.2, 0.25) is 0 Å². The van der Waals surface area contributed by atoms with E-state index in [2.05, 4.69) is 15.0 Å². The zero-order valence-corrected chi connectivity index (χ0v) is 15.2. The molecule has 0 aliphatic heterocycles.